The van der Waals surface area contributed by atoms with Gasteiger partial charge in [-0.25, -0.2) is 9.37 Å². The van der Waals surface area contributed by atoms with Crippen molar-refractivity contribution in [1.29, 1.82) is 0 Å². The molecule has 1 aromatic heterocycles. The van der Waals surface area contributed by atoms with Crippen molar-refractivity contribution in [2.24, 2.45) is 0 Å². The van der Waals surface area contributed by atoms with Crippen LogP contribution >= 0.6 is 11.6 Å². The molecular weight excluding hydrogens is 407 g/mol. The Morgan fingerprint density at radius 2 is 1.83 bits per heavy atom. The molecule has 0 spiro atoms. The zero-order chi connectivity index (χ0) is 21.2. The van der Waals surface area contributed by atoms with E-state index in [-0.39, 0.29) is 12.4 Å². The summed E-state index contributed by atoms with van der Waals surface area (Å²) in [6, 6.07) is 15.6. The summed E-state index contributed by atoms with van der Waals surface area (Å²) >= 11 is 6.41. The number of pyridine rings is 1. The SMILES string of the molecule is COc1cc(CNCCCOc2ccccn2)c(Cl)cc1OCc1ccccc1F. The highest BCUT2D eigenvalue weighted by molar-refractivity contribution is 6.31. The molecule has 1 heterocycles. The molecule has 1 N–H and O–H groups in total. The summed E-state index contributed by atoms with van der Waals surface area (Å²) in [5.74, 6) is 1.33. The second kappa shape index (κ2) is 11.4. The summed E-state index contributed by atoms with van der Waals surface area (Å²) in [6.45, 7) is 2.00. The highest BCUT2D eigenvalue weighted by Gasteiger charge is 2.12. The number of aromatic nitrogens is 1. The molecule has 5 nitrogen and oxygen atoms in total. The van der Waals surface area contributed by atoms with Gasteiger partial charge >= 0.3 is 0 Å². The van der Waals surface area contributed by atoms with Crippen molar-refractivity contribution in [2.75, 3.05) is 20.3 Å². The lowest BCUT2D eigenvalue weighted by Gasteiger charge is -2.14. The number of nitrogens with one attached hydrogen (secondary N) is 1. The van der Waals surface area contributed by atoms with E-state index in [1.54, 1.807) is 37.6 Å². The maximum Gasteiger partial charge on any atom is 0.213 e. The van der Waals surface area contributed by atoms with Gasteiger partial charge < -0.3 is 19.5 Å². The Balaban J connectivity index is 1.49. The molecule has 0 aliphatic rings. The summed E-state index contributed by atoms with van der Waals surface area (Å²) in [4.78, 5) is 4.12. The van der Waals surface area contributed by atoms with Crippen molar-refractivity contribution in [3.05, 3.63) is 82.8 Å². The molecule has 30 heavy (non-hydrogen) atoms. The van der Waals surface area contributed by atoms with E-state index in [1.807, 2.05) is 24.3 Å². The standard InChI is InChI=1S/C23H24ClFN2O3/c1-28-21-13-18(15-26-10-6-12-29-23-9-4-5-11-27-23)19(24)14-22(21)30-16-17-7-2-3-8-20(17)25/h2-5,7-9,11,13-14,26H,6,10,12,15-16H2,1H3. The summed E-state index contributed by atoms with van der Waals surface area (Å²) in [6.07, 6.45) is 2.53. The molecule has 0 radical (unpaired) electrons. The molecule has 0 bridgehead atoms. The van der Waals surface area contributed by atoms with E-state index in [2.05, 4.69) is 10.3 Å². The van der Waals surface area contributed by atoms with Gasteiger partial charge in [-0.15, -0.1) is 0 Å². The third-order valence-electron chi connectivity index (χ3n) is 4.37. The predicted molar refractivity (Wildman–Crippen MR) is 115 cm³/mol. The van der Waals surface area contributed by atoms with Crippen molar-refractivity contribution in [3.63, 3.8) is 0 Å². The quantitative estimate of drug-likeness (QED) is 0.433. The van der Waals surface area contributed by atoms with Crippen LogP contribution in [0.15, 0.2) is 60.8 Å². The van der Waals surface area contributed by atoms with Crippen LogP contribution in [0.25, 0.3) is 0 Å². The van der Waals surface area contributed by atoms with Gasteiger partial charge in [-0.05, 0) is 36.7 Å². The van der Waals surface area contributed by atoms with Crippen molar-refractivity contribution < 1.29 is 18.6 Å². The van der Waals surface area contributed by atoms with Crippen LogP contribution < -0.4 is 19.5 Å². The van der Waals surface area contributed by atoms with Crippen LogP contribution in [-0.4, -0.2) is 25.2 Å². The molecule has 7 heteroatoms. The Morgan fingerprint density at radius 1 is 1.00 bits per heavy atom. The first-order chi connectivity index (χ1) is 14.7. The lowest BCUT2D eigenvalue weighted by atomic mass is 10.2. The topological polar surface area (TPSA) is 52.6 Å². The number of rotatable bonds is 11. The molecule has 0 fully saturated rings. The molecule has 0 aliphatic heterocycles. The second-order valence-corrected chi connectivity index (χ2v) is 6.93. The van der Waals surface area contributed by atoms with Gasteiger partial charge in [0.1, 0.15) is 12.4 Å². The van der Waals surface area contributed by atoms with Crippen LogP contribution in [0.3, 0.4) is 0 Å². The van der Waals surface area contributed by atoms with Crippen LogP contribution in [0.5, 0.6) is 17.4 Å². The fourth-order valence-electron chi connectivity index (χ4n) is 2.79. The molecule has 0 atom stereocenters. The van der Waals surface area contributed by atoms with Gasteiger partial charge in [0, 0.05) is 35.5 Å². The van der Waals surface area contributed by atoms with Crippen molar-refractivity contribution in [3.8, 4) is 17.4 Å². The smallest absolute Gasteiger partial charge is 0.213 e. The van der Waals surface area contributed by atoms with Crippen LogP contribution in [0.2, 0.25) is 5.02 Å². The molecule has 0 saturated heterocycles. The summed E-state index contributed by atoms with van der Waals surface area (Å²) in [5.41, 5.74) is 1.35. The Labute approximate surface area is 180 Å². The fraction of sp³-hybridized carbons (Fsp3) is 0.261. The van der Waals surface area contributed by atoms with E-state index in [0.29, 0.717) is 41.1 Å². The highest BCUT2D eigenvalue weighted by Crippen LogP contribution is 2.34. The molecule has 3 rings (SSSR count). The maximum atomic E-state index is 13.8. The van der Waals surface area contributed by atoms with Gasteiger partial charge in [-0.3, -0.25) is 0 Å². The molecule has 0 amide bonds. The maximum absolute atomic E-state index is 13.8. The van der Waals surface area contributed by atoms with Crippen LogP contribution in [-0.2, 0) is 13.2 Å². The first-order valence-electron chi connectivity index (χ1n) is 9.64. The first kappa shape index (κ1) is 21.9. The minimum absolute atomic E-state index is 0.0905. The van der Waals surface area contributed by atoms with Crippen molar-refractivity contribution in [2.45, 2.75) is 19.6 Å². The van der Waals surface area contributed by atoms with E-state index in [1.165, 1.54) is 6.07 Å². The predicted octanol–water partition coefficient (Wildman–Crippen LogP) is 5.02. The molecule has 158 valence electrons. The van der Waals surface area contributed by atoms with Crippen LogP contribution in [0, 0.1) is 5.82 Å². The summed E-state index contributed by atoms with van der Waals surface area (Å²) in [5, 5.41) is 3.89. The number of nitrogens with zero attached hydrogens (tertiary/aromatic N) is 1. The largest absolute Gasteiger partial charge is 0.493 e. The fourth-order valence-corrected chi connectivity index (χ4v) is 3.01. The molecule has 3 aromatic rings. The average molecular weight is 431 g/mol. The molecule has 2 aromatic carbocycles. The van der Waals surface area contributed by atoms with Crippen LogP contribution in [0.4, 0.5) is 4.39 Å². The zero-order valence-electron chi connectivity index (χ0n) is 16.7. The van der Waals surface area contributed by atoms with Gasteiger partial charge in [-0.1, -0.05) is 35.9 Å². The minimum Gasteiger partial charge on any atom is -0.493 e. The monoisotopic (exact) mass is 430 g/mol. The highest BCUT2D eigenvalue weighted by atomic mass is 35.5. The van der Waals surface area contributed by atoms with Gasteiger partial charge in [0.15, 0.2) is 11.5 Å². The van der Waals surface area contributed by atoms with Gasteiger partial charge in [0.2, 0.25) is 5.88 Å². The first-order valence-corrected chi connectivity index (χ1v) is 10.0. The van der Waals surface area contributed by atoms with E-state index in [0.717, 1.165) is 18.5 Å². The van der Waals surface area contributed by atoms with Crippen molar-refractivity contribution >= 4 is 11.6 Å². The van der Waals surface area contributed by atoms with E-state index in [9.17, 15) is 4.39 Å². The Kier molecular flexibility index (Phi) is 8.30. The van der Waals surface area contributed by atoms with E-state index in [4.69, 9.17) is 25.8 Å². The van der Waals surface area contributed by atoms with E-state index < -0.39 is 0 Å². The zero-order valence-corrected chi connectivity index (χ0v) is 17.5. The second-order valence-electron chi connectivity index (χ2n) is 6.52. The number of methoxy groups -OCH3 is 1. The molecular formula is C23H24ClFN2O3. The number of hydrogen-bond acceptors (Lipinski definition) is 5. The van der Waals surface area contributed by atoms with Crippen molar-refractivity contribution in [1.82, 2.24) is 10.3 Å². The summed E-state index contributed by atoms with van der Waals surface area (Å²) in [7, 11) is 1.56. The Morgan fingerprint density at radius 3 is 2.60 bits per heavy atom. The minimum atomic E-state index is -0.310. The molecule has 0 unspecified atom stereocenters. The third-order valence-corrected chi connectivity index (χ3v) is 4.73. The number of halogens is 2. The number of hydrogen-bond donors (Lipinski definition) is 1. The third kappa shape index (κ3) is 6.34. The van der Waals surface area contributed by atoms with Crippen LogP contribution in [0.1, 0.15) is 17.5 Å². The lowest BCUT2D eigenvalue weighted by molar-refractivity contribution is 0.279. The number of benzene rings is 2. The average Bonchev–Trinajstić information content (AvgIpc) is 2.77. The normalized spacial score (nSPS) is 10.6. The van der Waals surface area contributed by atoms with E-state index >= 15 is 0 Å². The number of ether oxygens (including phenoxy) is 3. The Hall–Kier alpha value is -2.83. The van der Waals surface area contributed by atoms with Gasteiger partial charge in [-0.2, -0.15) is 0 Å². The van der Waals surface area contributed by atoms with Gasteiger partial charge in [0.25, 0.3) is 0 Å². The molecule has 0 aliphatic carbocycles. The summed E-state index contributed by atoms with van der Waals surface area (Å²) < 4.78 is 30.5. The molecule has 0 saturated carbocycles. The van der Waals surface area contributed by atoms with Gasteiger partial charge in [0.05, 0.1) is 13.7 Å². The Bertz CT molecular complexity index is 941. The lowest BCUT2D eigenvalue weighted by Crippen LogP contribution is -2.17.